The lowest BCUT2D eigenvalue weighted by Gasteiger charge is -2.23. The Morgan fingerprint density at radius 1 is 1.13 bits per heavy atom. The molecular formula is C28H29N3O6S. The van der Waals surface area contributed by atoms with Gasteiger partial charge in [0.15, 0.2) is 11.5 Å². The number of ether oxygens (including phenoxy) is 3. The molecule has 1 fully saturated rings. The van der Waals surface area contributed by atoms with Crippen LogP contribution in [0.1, 0.15) is 54.9 Å². The van der Waals surface area contributed by atoms with Gasteiger partial charge in [0.2, 0.25) is 5.13 Å². The van der Waals surface area contributed by atoms with Gasteiger partial charge in [-0.15, -0.1) is 10.2 Å². The predicted molar refractivity (Wildman–Crippen MR) is 143 cm³/mol. The number of anilines is 1. The molecule has 1 amide bonds. The van der Waals surface area contributed by atoms with Crippen LogP contribution in [0.2, 0.25) is 0 Å². The minimum absolute atomic E-state index is 0.0269. The van der Waals surface area contributed by atoms with Crippen LogP contribution in [-0.2, 0) is 16.0 Å². The number of hydrogen-bond acceptors (Lipinski definition) is 9. The zero-order valence-corrected chi connectivity index (χ0v) is 22.5. The molecule has 1 saturated heterocycles. The number of benzene rings is 2. The molecule has 1 aromatic heterocycles. The third kappa shape index (κ3) is 4.60. The summed E-state index contributed by atoms with van der Waals surface area (Å²) < 4.78 is 17.5. The van der Waals surface area contributed by atoms with Crippen molar-refractivity contribution in [3.8, 4) is 17.2 Å². The van der Waals surface area contributed by atoms with Crippen molar-refractivity contribution in [2.24, 2.45) is 0 Å². The molecule has 10 heteroatoms. The molecule has 38 heavy (non-hydrogen) atoms. The number of aliphatic hydroxyl groups is 1. The Labute approximate surface area is 224 Å². The molecule has 1 N–H and O–H groups in total. The fourth-order valence-corrected chi connectivity index (χ4v) is 5.46. The maximum atomic E-state index is 13.5. The molecule has 0 aliphatic carbocycles. The van der Waals surface area contributed by atoms with Gasteiger partial charge in [0.1, 0.15) is 22.6 Å². The maximum absolute atomic E-state index is 13.5. The highest BCUT2D eigenvalue weighted by Gasteiger charge is 2.48. The Bertz CT molecular complexity index is 1430. The normalized spacial score (nSPS) is 19.9. The number of fused-ring (bicyclic) bond motifs is 1. The number of aromatic nitrogens is 2. The van der Waals surface area contributed by atoms with Crippen LogP contribution in [0.15, 0.2) is 42.0 Å². The van der Waals surface area contributed by atoms with Gasteiger partial charge in [-0.3, -0.25) is 14.5 Å². The molecule has 0 spiro atoms. The smallest absolute Gasteiger partial charge is 0.301 e. The second-order valence-corrected chi connectivity index (χ2v) is 10.4. The quantitative estimate of drug-likeness (QED) is 0.244. The van der Waals surface area contributed by atoms with E-state index in [9.17, 15) is 14.7 Å². The largest absolute Gasteiger partial charge is 0.507 e. The first-order valence-electron chi connectivity index (χ1n) is 12.6. The molecule has 2 atom stereocenters. The zero-order chi connectivity index (χ0) is 27.0. The highest BCUT2D eigenvalue weighted by molar-refractivity contribution is 7.15. The maximum Gasteiger partial charge on any atom is 0.301 e. The van der Waals surface area contributed by atoms with E-state index in [2.05, 4.69) is 10.2 Å². The van der Waals surface area contributed by atoms with Gasteiger partial charge in [-0.05, 0) is 68.7 Å². The van der Waals surface area contributed by atoms with Gasteiger partial charge in [0.05, 0.1) is 24.8 Å². The number of hydrogen-bond donors (Lipinski definition) is 1. The van der Waals surface area contributed by atoms with Crippen LogP contribution in [0.25, 0.3) is 5.76 Å². The van der Waals surface area contributed by atoms with Gasteiger partial charge < -0.3 is 19.3 Å². The molecule has 2 aliphatic heterocycles. The highest BCUT2D eigenvalue weighted by Crippen LogP contribution is 2.45. The lowest BCUT2D eigenvalue weighted by Crippen LogP contribution is -2.29. The molecule has 2 aliphatic rings. The Morgan fingerprint density at radius 2 is 1.95 bits per heavy atom. The topological polar surface area (TPSA) is 111 Å². The third-order valence-corrected chi connectivity index (χ3v) is 7.22. The van der Waals surface area contributed by atoms with Crippen molar-refractivity contribution in [3.05, 3.63) is 63.7 Å². The van der Waals surface area contributed by atoms with E-state index < -0.39 is 17.7 Å². The number of aryl methyl sites for hydroxylation is 1. The van der Waals surface area contributed by atoms with Crippen LogP contribution in [0.3, 0.4) is 0 Å². The molecule has 5 rings (SSSR count). The van der Waals surface area contributed by atoms with E-state index in [1.54, 1.807) is 43.3 Å². The van der Waals surface area contributed by atoms with Crippen molar-refractivity contribution in [3.63, 3.8) is 0 Å². The Morgan fingerprint density at radius 3 is 2.66 bits per heavy atom. The summed E-state index contributed by atoms with van der Waals surface area (Å²) in [6.45, 7) is 8.54. The zero-order valence-electron chi connectivity index (χ0n) is 21.7. The molecule has 198 valence electrons. The summed E-state index contributed by atoms with van der Waals surface area (Å²) in [5.41, 5.74) is 1.91. The van der Waals surface area contributed by atoms with Crippen molar-refractivity contribution < 1.29 is 28.9 Å². The number of ketones is 1. The van der Waals surface area contributed by atoms with Crippen LogP contribution in [0.4, 0.5) is 5.13 Å². The van der Waals surface area contributed by atoms with E-state index in [1.807, 2.05) is 20.8 Å². The molecule has 9 nitrogen and oxygen atoms in total. The molecule has 0 radical (unpaired) electrons. The van der Waals surface area contributed by atoms with E-state index in [1.165, 1.54) is 16.2 Å². The van der Waals surface area contributed by atoms with Gasteiger partial charge in [-0.25, -0.2) is 0 Å². The van der Waals surface area contributed by atoms with E-state index in [-0.39, 0.29) is 22.6 Å². The summed E-state index contributed by atoms with van der Waals surface area (Å²) in [5, 5.41) is 20.6. The number of nitrogens with zero attached hydrogens (tertiary/aromatic N) is 3. The van der Waals surface area contributed by atoms with Crippen LogP contribution >= 0.6 is 11.3 Å². The summed E-state index contributed by atoms with van der Waals surface area (Å²) in [5.74, 6) is -0.0389. The fraction of sp³-hybridized carbons (Fsp3) is 0.357. The first-order chi connectivity index (χ1) is 18.3. The predicted octanol–water partition coefficient (Wildman–Crippen LogP) is 4.98. The van der Waals surface area contributed by atoms with Crippen LogP contribution < -0.4 is 19.1 Å². The van der Waals surface area contributed by atoms with Crippen molar-refractivity contribution in [2.75, 3.05) is 18.1 Å². The van der Waals surface area contributed by atoms with Crippen molar-refractivity contribution in [1.82, 2.24) is 10.2 Å². The summed E-state index contributed by atoms with van der Waals surface area (Å²) >= 11 is 1.20. The first-order valence-corrected chi connectivity index (χ1v) is 13.4. The van der Waals surface area contributed by atoms with Crippen LogP contribution in [0.5, 0.6) is 17.2 Å². The van der Waals surface area contributed by atoms with Gasteiger partial charge in [-0.1, -0.05) is 24.3 Å². The van der Waals surface area contributed by atoms with E-state index >= 15 is 0 Å². The van der Waals surface area contributed by atoms with Crippen LogP contribution in [0, 0.1) is 6.92 Å². The monoisotopic (exact) mass is 535 g/mol. The second-order valence-electron chi connectivity index (χ2n) is 9.22. The highest BCUT2D eigenvalue weighted by atomic mass is 32.1. The first kappa shape index (κ1) is 25.7. The van der Waals surface area contributed by atoms with Crippen molar-refractivity contribution >= 4 is 33.9 Å². The molecule has 3 aromatic rings. The Balaban J connectivity index is 1.67. The van der Waals surface area contributed by atoms with Gasteiger partial charge in [0.25, 0.3) is 5.78 Å². The summed E-state index contributed by atoms with van der Waals surface area (Å²) in [6, 6.07) is 9.62. The number of carbonyl (C=O) groups is 2. The standard InChI is InChI=1S/C28H29N3O6S/c1-5-11-36-21-10-7-17(14-22(21)35-6-2)24-23(26(33)27(34)31(24)28-30-29-16(4)38-28)25(32)18-8-9-20-19(13-18)12-15(3)37-20/h7-10,13-15,24,32H,5-6,11-12H2,1-4H3/b25-23+. The van der Waals surface area contributed by atoms with Gasteiger partial charge in [0, 0.05) is 12.0 Å². The van der Waals surface area contributed by atoms with E-state index in [0.29, 0.717) is 47.3 Å². The Kier molecular flexibility index (Phi) is 7.07. The van der Waals surface area contributed by atoms with Gasteiger partial charge in [-0.2, -0.15) is 0 Å². The summed E-state index contributed by atoms with van der Waals surface area (Å²) in [4.78, 5) is 28.2. The molecule has 0 bridgehead atoms. The lowest BCUT2D eigenvalue weighted by atomic mass is 9.94. The second kappa shape index (κ2) is 10.4. The van der Waals surface area contributed by atoms with E-state index in [0.717, 1.165) is 17.7 Å². The average Bonchev–Trinajstić information content (AvgIpc) is 3.57. The van der Waals surface area contributed by atoms with Gasteiger partial charge >= 0.3 is 5.91 Å². The van der Waals surface area contributed by atoms with Crippen molar-refractivity contribution in [1.29, 1.82) is 0 Å². The SMILES string of the molecule is CCCOc1ccc(C2/C(=C(\O)c3ccc4c(c3)CC(C)O4)C(=O)C(=O)N2c2nnc(C)s2)cc1OCC. The minimum atomic E-state index is -0.940. The summed E-state index contributed by atoms with van der Waals surface area (Å²) in [7, 11) is 0. The third-order valence-electron chi connectivity index (χ3n) is 6.38. The number of rotatable bonds is 8. The van der Waals surface area contributed by atoms with Crippen LogP contribution in [-0.4, -0.2) is 46.3 Å². The summed E-state index contributed by atoms with van der Waals surface area (Å²) in [6.07, 6.45) is 1.54. The average molecular weight is 536 g/mol. The molecular weight excluding hydrogens is 506 g/mol. The molecule has 2 unspecified atom stereocenters. The number of amides is 1. The molecule has 3 heterocycles. The lowest BCUT2D eigenvalue weighted by molar-refractivity contribution is -0.132. The fourth-order valence-electron chi connectivity index (χ4n) is 4.75. The minimum Gasteiger partial charge on any atom is -0.507 e. The Hall–Kier alpha value is -3.92. The number of Topliss-reactive ketones (excluding diaryl/α,β-unsaturated/α-hetero) is 1. The van der Waals surface area contributed by atoms with E-state index in [4.69, 9.17) is 14.2 Å². The molecule has 2 aromatic carbocycles. The van der Waals surface area contributed by atoms with Crippen molar-refractivity contribution in [2.45, 2.75) is 52.7 Å². The number of aliphatic hydroxyl groups excluding tert-OH is 1. The number of carbonyl (C=O) groups excluding carboxylic acids is 2. The molecule has 0 saturated carbocycles.